The van der Waals surface area contributed by atoms with Crippen LogP contribution in [-0.4, -0.2) is 17.9 Å². The Kier molecular flexibility index (Phi) is 0.698. The number of hydrogen-bond acceptors (Lipinski definition) is 1. The monoisotopic (exact) mass is 159 g/mol. The topological polar surface area (TPSA) is 29.1 Å². The molecule has 4 heteroatoms. The van der Waals surface area contributed by atoms with Gasteiger partial charge in [-0.2, -0.15) is 0 Å². The lowest BCUT2D eigenvalue weighted by atomic mass is 10.1. The molecule has 1 N–H and O–H groups in total. The van der Waals surface area contributed by atoms with Crippen LogP contribution < -0.4 is 5.32 Å². The van der Waals surface area contributed by atoms with Gasteiger partial charge in [0.15, 0.2) is 0 Å². The van der Waals surface area contributed by atoms with Gasteiger partial charge in [-0.3, -0.25) is 4.79 Å². The molecular formula is C7H7F2NO. The van der Waals surface area contributed by atoms with Crippen molar-refractivity contribution in [2.75, 3.05) is 0 Å². The summed E-state index contributed by atoms with van der Waals surface area (Å²) in [6.45, 7) is 0. The third kappa shape index (κ3) is 0.451. The summed E-state index contributed by atoms with van der Waals surface area (Å²) < 4.78 is 25.5. The number of carbonyl (C=O) groups is 1. The van der Waals surface area contributed by atoms with Crippen molar-refractivity contribution in [3.05, 3.63) is 0 Å². The summed E-state index contributed by atoms with van der Waals surface area (Å²) in [6, 6.07) is -0.215. The molecule has 1 heterocycles. The van der Waals surface area contributed by atoms with E-state index in [0.717, 1.165) is 0 Å². The standard InChI is InChI=1S/C7H7F2NO/c8-7(9)4-2-1-3(5(4)7)10-6(2)11/h2-5H,1H2,(H,10,11)/t2-,3-,4-,5+/m0/s1. The molecule has 4 atom stereocenters. The largest absolute Gasteiger partial charge is 0.353 e. The van der Waals surface area contributed by atoms with Gasteiger partial charge < -0.3 is 5.32 Å². The number of carbonyl (C=O) groups excluding carboxylic acids is 1. The molecule has 3 aliphatic rings. The maximum atomic E-state index is 12.8. The molecule has 0 spiro atoms. The van der Waals surface area contributed by atoms with Crippen LogP contribution in [0.15, 0.2) is 0 Å². The molecule has 0 radical (unpaired) electrons. The van der Waals surface area contributed by atoms with Crippen LogP contribution in [0, 0.1) is 17.8 Å². The molecule has 3 fully saturated rings. The van der Waals surface area contributed by atoms with Crippen LogP contribution in [0.3, 0.4) is 0 Å². The lowest BCUT2D eigenvalue weighted by molar-refractivity contribution is -0.124. The first-order valence-corrected chi connectivity index (χ1v) is 3.80. The second-order valence-corrected chi connectivity index (χ2v) is 3.68. The highest BCUT2D eigenvalue weighted by molar-refractivity contribution is 5.84. The number of rotatable bonds is 0. The van der Waals surface area contributed by atoms with Crippen molar-refractivity contribution >= 4 is 5.91 Å². The van der Waals surface area contributed by atoms with Crippen LogP contribution in [0.5, 0.6) is 0 Å². The zero-order valence-electron chi connectivity index (χ0n) is 5.68. The molecule has 60 valence electrons. The average molecular weight is 159 g/mol. The fourth-order valence-electron chi connectivity index (χ4n) is 2.69. The fourth-order valence-corrected chi connectivity index (χ4v) is 2.69. The normalized spacial score (nSPS) is 55.6. The molecule has 1 amide bonds. The van der Waals surface area contributed by atoms with E-state index in [9.17, 15) is 13.6 Å². The Bertz CT molecular complexity index is 253. The maximum Gasteiger partial charge on any atom is 0.257 e. The van der Waals surface area contributed by atoms with Crippen molar-refractivity contribution in [3.63, 3.8) is 0 Å². The van der Waals surface area contributed by atoms with Gasteiger partial charge in [-0.25, -0.2) is 8.78 Å². The van der Waals surface area contributed by atoms with Gasteiger partial charge in [0.05, 0.1) is 5.92 Å². The molecule has 3 rings (SSSR count). The van der Waals surface area contributed by atoms with Crippen molar-refractivity contribution in [3.8, 4) is 0 Å². The van der Waals surface area contributed by atoms with Crippen molar-refractivity contribution < 1.29 is 13.6 Å². The summed E-state index contributed by atoms with van der Waals surface area (Å²) >= 11 is 0. The smallest absolute Gasteiger partial charge is 0.257 e. The van der Waals surface area contributed by atoms with Crippen LogP contribution in [0.25, 0.3) is 0 Å². The van der Waals surface area contributed by atoms with Crippen molar-refractivity contribution in [1.82, 2.24) is 5.32 Å². The predicted octanol–water partition coefficient (Wildman–Crippen LogP) is 0.386. The van der Waals surface area contributed by atoms with Gasteiger partial charge in [0, 0.05) is 17.9 Å². The number of amides is 1. The lowest BCUT2D eigenvalue weighted by Gasteiger charge is -2.06. The quantitative estimate of drug-likeness (QED) is 0.544. The Hall–Kier alpha value is -0.670. The highest BCUT2D eigenvalue weighted by Crippen LogP contribution is 2.68. The molecular weight excluding hydrogens is 152 g/mol. The number of fused-ring (bicyclic) bond motifs is 5. The number of alkyl halides is 2. The van der Waals surface area contributed by atoms with E-state index in [2.05, 4.69) is 5.32 Å². The van der Waals surface area contributed by atoms with Gasteiger partial charge in [-0.05, 0) is 6.42 Å². The zero-order chi connectivity index (χ0) is 7.80. The highest BCUT2D eigenvalue weighted by atomic mass is 19.3. The van der Waals surface area contributed by atoms with Gasteiger partial charge in [-0.1, -0.05) is 0 Å². The van der Waals surface area contributed by atoms with E-state index in [1.54, 1.807) is 0 Å². The second kappa shape index (κ2) is 1.30. The first-order chi connectivity index (χ1) is 5.12. The number of hydrogen-bond donors (Lipinski definition) is 1. The van der Waals surface area contributed by atoms with Crippen LogP contribution >= 0.6 is 0 Å². The summed E-state index contributed by atoms with van der Waals surface area (Å²) in [5.74, 6) is -4.20. The minimum atomic E-state index is -2.53. The lowest BCUT2D eigenvalue weighted by Crippen LogP contribution is -2.32. The van der Waals surface area contributed by atoms with Gasteiger partial charge >= 0.3 is 0 Å². The summed E-state index contributed by atoms with van der Waals surface area (Å²) in [7, 11) is 0. The molecule has 0 aromatic carbocycles. The fraction of sp³-hybridized carbons (Fsp3) is 0.857. The minimum Gasteiger partial charge on any atom is -0.353 e. The Balaban J connectivity index is 2.00. The number of halogens is 2. The highest BCUT2D eigenvalue weighted by Gasteiger charge is 2.80. The molecule has 0 aromatic heterocycles. The maximum absolute atomic E-state index is 12.8. The van der Waals surface area contributed by atoms with Crippen molar-refractivity contribution in [2.24, 2.45) is 17.8 Å². The van der Waals surface area contributed by atoms with Crippen molar-refractivity contribution in [2.45, 2.75) is 18.4 Å². The molecule has 0 unspecified atom stereocenters. The average Bonchev–Trinajstić information content (AvgIpc) is 2.25. The molecule has 2 aliphatic carbocycles. The SMILES string of the molecule is O=C1N[C@H]2C[C@H]1[C@H]1[C@@H]2C1(F)F. The Morgan fingerprint density at radius 2 is 2.18 bits per heavy atom. The number of piperidine rings is 1. The van der Waals surface area contributed by atoms with Gasteiger partial charge in [0.2, 0.25) is 5.91 Å². The minimum absolute atomic E-state index is 0.159. The summed E-state index contributed by atoms with van der Waals surface area (Å²) in [4.78, 5) is 10.9. The molecule has 2 saturated carbocycles. The first kappa shape index (κ1) is 5.91. The van der Waals surface area contributed by atoms with E-state index in [4.69, 9.17) is 0 Å². The van der Waals surface area contributed by atoms with Gasteiger partial charge in [-0.15, -0.1) is 0 Å². The van der Waals surface area contributed by atoms with E-state index < -0.39 is 17.8 Å². The van der Waals surface area contributed by atoms with E-state index in [-0.39, 0.29) is 17.9 Å². The number of nitrogens with one attached hydrogen (secondary N) is 1. The third-order valence-corrected chi connectivity index (χ3v) is 3.21. The van der Waals surface area contributed by atoms with E-state index in [0.29, 0.717) is 6.42 Å². The zero-order valence-corrected chi connectivity index (χ0v) is 5.68. The second-order valence-electron chi connectivity index (χ2n) is 3.68. The molecule has 1 aliphatic heterocycles. The molecule has 0 aromatic rings. The predicted molar refractivity (Wildman–Crippen MR) is 32.0 cm³/mol. The summed E-state index contributed by atoms with van der Waals surface area (Å²) in [5, 5.41) is 2.58. The van der Waals surface area contributed by atoms with Gasteiger partial charge in [0.1, 0.15) is 0 Å². The van der Waals surface area contributed by atoms with Crippen LogP contribution in [-0.2, 0) is 4.79 Å². The molecule has 11 heavy (non-hydrogen) atoms. The molecule has 1 saturated heterocycles. The Morgan fingerprint density at radius 3 is 2.73 bits per heavy atom. The van der Waals surface area contributed by atoms with E-state index in [1.807, 2.05) is 0 Å². The van der Waals surface area contributed by atoms with E-state index >= 15 is 0 Å². The van der Waals surface area contributed by atoms with Crippen LogP contribution in [0.1, 0.15) is 6.42 Å². The first-order valence-electron chi connectivity index (χ1n) is 3.80. The molecule has 2 nitrogen and oxygen atoms in total. The van der Waals surface area contributed by atoms with Gasteiger partial charge in [0.25, 0.3) is 5.92 Å². The van der Waals surface area contributed by atoms with Crippen molar-refractivity contribution in [1.29, 1.82) is 0 Å². The third-order valence-electron chi connectivity index (χ3n) is 3.21. The summed E-state index contributed by atoms with van der Waals surface area (Å²) in [5.41, 5.74) is 0. The Labute approximate surface area is 62.0 Å². The van der Waals surface area contributed by atoms with E-state index in [1.165, 1.54) is 0 Å². The molecule has 2 bridgehead atoms. The summed E-state index contributed by atoms with van der Waals surface area (Å²) in [6.07, 6.45) is 0.643. The Morgan fingerprint density at radius 1 is 1.45 bits per heavy atom. The van der Waals surface area contributed by atoms with Crippen LogP contribution in [0.2, 0.25) is 0 Å². The van der Waals surface area contributed by atoms with Crippen LogP contribution in [0.4, 0.5) is 8.78 Å².